The molecular weight excluding hydrogens is 352 g/mol. The van der Waals surface area contributed by atoms with E-state index in [0.29, 0.717) is 27.7 Å². The van der Waals surface area contributed by atoms with Gasteiger partial charge < -0.3 is 16.3 Å². The van der Waals surface area contributed by atoms with Crippen LogP contribution in [0, 0.1) is 18.0 Å². The third-order valence-electron chi connectivity index (χ3n) is 5.05. The normalized spacial score (nSPS) is 16.3. The van der Waals surface area contributed by atoms with Gasteiger partial charge in [-0.05, 0) is 30.9 Å². The van der Waals surface area contributed by atoms with Crippen LogP contribution in [0.25, 0.3) is 11.1 Å². The molecule has 1 atom stereocenters. The third-order valence-corrected chi connectivity index (χ3v) is 5.37. The summed E-state index contributed by atoms with van der Waals surface area (Å²) in [5.41, 5.74) is 7.97. The highest BCUT2D eigenvalue weighted by Gasteiger charge is 2.26. The Morgan fingerprint density at radius 1 is 1.35 bits per heavy atom. The number of hydrogen-bond donors (Lipinski definition) is 2. The molecule has 6 nitrogen and oxygen atoms in total. The minimum Gasteiger partial charge on any atom is -0.618 e. The molecule has 0 aromatic carbocycles. The summed E-state index contributed by atoms with van der Waals surface area (Å²) in [6.45, 7) is 1.70. The summed E-state index contributed by atoms with van der Waals surface area (Å²) in [6, 6.07) is 4.51. The Morgan fingerprint density at radius 3 is 2.73 bits per heavy atom. The van der Waals surface area contributed by atoms with Crippen LogP contribution in [-0.4, -0.2) is 16.9 Å². The van der Waals surface area contributed by atoms with Gasteiger partial charge in [0.15, 0.2) is 11.9 Å². The van der Waals surface area contributed by atoms with E-state index in [1.807, 2.05) is 0 Å². The molecule has 0 radical (unpaired) electrons. The topological polar surface area (TPSA) is 95.0 Å². The number of carbonyl (C=O) groups is 1. The van der Waals surface area contributed by atoms with E-state index in [9.17, 15) is 10.0 Å². The molecule has 26 heavy (non-hydrogen) atoms. The highest BCUT2D eigenvalue weighted by atomic mass is 35.5. The summed E-state index contributed by atoms with van der Waals surface area (Å²) in [5, 5.41) is 15.0. The van der Waals surface area contributed by atoms with E-state index in [0.717, 1.165) is 30.4 Å². The Bertz CT molecular complexity index is 789. The van der Waals surface area contributed by atoms with Crippen molar-refractivity contribution in [2.75, 3.05) is 5.32 Å². The molecule has 0 bridgehead atoms. The van der Waals surface area contributed by atoms with Crippen molar-refractivity contribution in [2.24, 2.45) is 11.7 Å². The lowest BCUT2D eigenvalue weighted by Crippen LogP contribution is -2.42. The van der Waals surface area contributed by atoms with E-state index in [1.54, 1.807) is 31.3 Å². The summed E-state index contributed by atoms with van der Waals surface area (Å²) in [5.74, 6) is 0.467. The van der Waals surface area contributed by atoms with Crippen molar-refractivity contribution in [3.8, 4) is 11.1 Å². The maximum atomic E-state index is 12.4. The molecule has 1 fully saturated rings. The minimum atomic E-state index is -0.512. The summed E-state index contributed by atoms with van der Waals surface area (Å²) in [7, 11) is 0. The molecule has 1 aliphatic rings. The Morgan fingerprint density at radius 2 is 2.08 bits per heavy atom. The SMILES string of the molecule is Cc1c(-c2ccc(NC(=O)[C@@H](N)C3CCCCC3)nc2)c(Cl)cc[n+]1[O-]. The van der Waals surface area contributed by atoms with E-state index >= 15 is 0 Å². The van der Waals surface area contributed by atoms with Crippen LogP contribution in [0.2, 0.25) is 5.02 Å². The highest BCUT2D eigenvalue weighted by Crippen LogP contribution is 2.29. The van der Waals surface area contributed by atoms with Crippen molar-refractivity contribution < 1.29 is 9.52 Å². The zero-order valence-corrected chi connectivity index (χ0v) is 15.5. The first-order valence-corrected chi connectivity index (χ1v) is 9.26. The second kappa shape index (κ2) is 8.01. The average molecular weight is 375 g/mol. The van der Waals surface area contributed by atoms with Gasteiger partial charge >= 0.3 is 0 Å². The zero-order chi connectivity index (χ0) is 18.7. The molecule has 0 saturated heterocycles. The number of nitrogens with two attached hydrogens (primary N) is 1. The molecule has 7 heteroatoms. The molecule has 0 unspecified atom stereocenters. The zero-order valence-electron chi connectivity index (χ0n) is 14.7. The van der Waals surface area contributed by atoms with Gasteiger partial charge in [-0.2, -0.15) is 4.73 Å². The van der Waals surface area contributed by atoms with Gasteiger partial charge in [0.1, 0.15) is 5.82 Å². The van der Waals surface area contributed by atoms with Gasteiger partial charge in [-0.3, -0.25) is 4.79 Å². The van der Waals surface area contributed by atoms with Crippen LogP contribution in [-0.2, 0) is 4.79 Å². The van der Waals surface area contributed by atoms with Crippen molar-refractivity contribution in [2.45, 2.75) is 45.1 Å². The number of aromatic nitrogens is 2. The van der Waals surface area contributed by atoms with Crippen LogP contribution in [0.5, 0.6) is 0 Å². The predicted octanol–water partition coefficient (Wildman–Crippen LogP) is 3.19. The molecular formula is C19H23ClN4O2. The van der Waals surface area contributed by atoms with Crippen LogP contribution < -0.4 is 15.8 Å². The van der Waals surface area contributed by atoms with Crippen LogP contribution in [0.3, 0.4) is 0 Å². The smallest absolute Gasteiger partial charge is 0.242 e. The second-order valence-corrected chi connectivity index (χ2v) is 7.20. The van der Waals surface area contributed by atoms with E-state index in [1.165, 1.54) is 12.6 Å². The van der Waals surface area contributed by atoms with Crippen molar-refractivity contribution in [3.05, 3.63) is 46.5 Å². The maximum Gasteiger partial charge on any atom is 0.242 e. The van der Waals surface area contributed by atoms with Crippen molar-refractivity contribution in [1.29, 1.82) is 0 Å². The molecule has 2 aromatic heterocycles. The highest BCUT2D eigenvalue weighted by molar-refractivity contribution is 6.33. The second-order valence-electron chi connectivity index (χ2n) is 6.80. The van der Waals surface area contributed by atoms with Crippen LogP contribution in [0.15, 0.2) is 30.6 Å². The Balaban J connectivity index is 1.72. The van der Waals surface area contributed by atoms with E-state index < -0.39 is 6.04 Å². The number of rotatable bonds is 4. The first kappa shape index (κ1) is 18.6. The predicted molar refractivity (Wildman–Crippen MR) is 102 cm³/mol. The molecule has 3 N–H and O–H groups in total. The lowest BCUT2D eigenvalue weighted by atomic mass is 9.84. The maximum absolute atomic E-state index is 12.4. The molecule has 1 amide bonds. The molecule has 0 spiro atoms. The molecule has 1 saturated carbocycles. The van der Waals surface area contributed by atoms with Crippen LogP contribution >= 0.6 is 11.6 Å². The fourth-order valence-electron chi connectivity index (χ4n) is 3.49. The molecule has 138 valence electrons. The number of nitrogens with zero attached hydrogens (tertiary/aromatic N) is 2. The van der Waals surface area contributed by atoms with Gasteiger partial charge in [0, 0.05) is 24.8 Å². The van der Waals surface area contributed by atoms with Crippen molar-refractivity contribution in [3.63, 3.8) is 0 Å². The van der Waals surface area contributed by atoms with Crippen LogP contribution in [0.1, 0.15) is 37.8 Å². The standard InChI is InChI=1S/C19H23ClN4O2/c1-12-17(15(20)9-10-24(12)26)14-7-8-16(22-11-14)23-19(25)18(21)13-5-3-2-4-6-13/h7-11,13,18H,2-6,21H2,1H3,(H,22,23,25)/t18-/m0/s1. The van der Waals surface area contributed by atoms with Gasteiger partial charge in [-0.15, -0.1) is 0 Å². The summed E-state index contributed by atoms with van der Waals surface area (Å²) in [6.07, 6.45) is 8.46. The molecule has 1 aliphatic carbocycles. The Labute approximate surface area is 158 Å². The van der Waals surface area contributed by atoms with Crippen LogP contribution in [0.4, 0.5) is 5.82 Å². The quantitative estimate of drug-likeness (QED) is 0.634. The van der Waals surface area contributed by atoms with E-state index in [4.69, 9.17) is 17.3 Å². The molecule has 2 heterocycles. The third kappa shape index (κ3) is 3.97. The fourth-order valence-corrected chi connectivity index (χ4v) is 3.79. The van der Waals surface area contributed by atoms with Gasteiger partial charge in [-0.25, -0.2) is 4.98 Å². The monoisotopic (exact) mass is 374 g/mol. The number of pyridine rings is 2. The molecule has 3 rings (SSSR count). The first-order chi connectivity index (χ1) is 12.5. The Kier molecular flexibility index (Phi) is 5.74. The van der Waals surface area contributed by atoms with Crippen molar-refractivity contribution >= 4 is 23.3 Å². The van der Waals surface area contributed by atoms with Gasteiger partial charge in [-0.1, -0.05) is 30.9 Å². The number of nitrogens with one attached hydrogen (secondary N) is 1. The number of amides is 1. The minimum absolute atomic E-state index is 0.205. The van der Waals surface area contributed by atoms with Crippen molar-refractivity contribution in [1.82, 2.24) is 4.98 Å². The van der Waals surface area contributed by atoms with E-state index in [2.05, 4.69) is 10.3 Å². The Hall–Kier alpha value is -2.18. The lowest BCUT2D eigenvalue weighted by molar-refractivity contribution is -0.611. The summed E-state index contributed by atoms with van der Waals surface area (Å²) in [4.78, 5) is 16.7. The number of hydrogen-bond acceptors (Lipinski definition) is 4. The number of carbonyl (C=O) groups excluding carboxylic acids is 1. The average Bonchev–Trinajstić information content (AvgIpc) is 2.66. The summed E-state index contributed by atoms with van der Waals surface area (Å²) >= 11 is 6.22. The van der Waals surface area contributed by atoms with Gasteiger partial charge in [0.05, 0.1) is 16.6 Å². The summed E-state index contributed by atoms with van der Waals surface area (Å²) < 4.78 is 0.764. The first-order valence-electron chi connectivity index (χ1n) is 8.88. The fraction of sp³-hybridized carbons (Fsp3) is 0.421. The lowest BCUT2D eigenvalue weighted by Gasteiger charge is -2.26. The number of anilines is 1. The van der Waals surface area contributed by atoms with Gasteiger partial charge in [0.25, 0.3) is 0 Å². The largest absolute Gasteiger partial charge is 0.618 e. The number of halogens is 1. The van der Waals surface area contributed by atoms with E-state index in [-0.39, 0.29) is 11.8 Å². The van der Waals surface area contributed by atoms with Gasteiger partial charge in [0.2, 0.25) is 5.91 Å². The molecule has 0 aliphatic heterocycles. The molecule has 2 aromatic rings.